The highest BCUT2D eigenvalue weighted by molar-refractivity contribution is 7.13. The second-order valence-corrected chi connectivity index (χ2v) is 7.57. The summed E-state index contributed by atoms with van der Waals surface area (Å²) >= 11 is 1.53. The van der Waals surface area contributed by atoms with E-state index in [1.54, 1.807) is 12.1 Å². The van der Waals surface area contributed by atoms with Gasteiger partial charge in [0, 0.05) is 16.0 Å². The first-order chi connectivity index (χ1) is 14.0. The first-order valence-corrected chi connectivity index (χ1v) is 9.83. The molecule has 0 spiro atoms. The number of ketones is 1. The molecule has 4 nitrogen and oxygen atoms in total. The van der Waals surface area contributed by atoms with Crippen molar-refractivity contribution in [3.8, 4) is 29.1 Å². The quantitative estimate of drug-likeness (QED) is 0.441. The number of rotatable bonds is 5. The van der Waals surface area contributed by atoms with Crippen LogP contribution in [0.2, 0.25) is 0 Å². The molecule has 0 radical (unpaired) electrons. The zero-order valence-electron chi connectivity index (χ0n) is 17.1. The average molecular weight is 407 g/mol. The minimum atomic E-state index is -0.122. The Morgan fingerprint density at radius 3 is 2.07 bits per heavy atom. The molecular weight excluding hydrogens is 384 g/mol. The molecule has 2 aromatic carbocycles. The van der Waals surface area contributed by atoms with Crippen LogP contribution in [0.25, 0.3) is 0 Å². The van der Waals surface area contributed by atoms with Gasteiger partial charge in [0.05, 0.1) is 31.8 Å². The lowest BCUT2D eigenvalue weighted by atomic mass is 9.98. The van der Waals surface area contributed by atoms with Gasteiger partial charge >= 0.3 is 0 Å². The molecule has 0 atom stereocenters. The van der Waals surface area contributed by atoms with Gasteiger partial charge in [0.15, 0.2) is 17.3 Å². The van der Waals surface area contributed by atoms with Gasteiger partial charge in [-0.05, 0) is 49.6 Å². The van der Waals surface area contributed by atoms with E-state index in [1.807, 2.05) is 44.2 Å². The third-order valence-electron chi connectivity index (χ3n) is 4.63. The number of hydrogen-bond acceptors (Lipinski definition) is 5. The smallest absolute Gasteiger partial charge is 0.203 e. The molecule has 0 bridgehead atoms. The van der Waals surface area contributed by atoms with Crippen molar-refractivity contribution in [3.05, 3.63) is 74.5 Å². The molecule has 0 amide bonds. The number of thiophene rings is 1. The number of hydrogen-bond donors (Lipinski definition) is 0. The number of methoxy groups -OCH3 is 3. The second kappa shape index (κ2) is 8.85. The number of ether oxygens (including phenoxy) is 3. The molecule has 0 aliphatic rings. The van der Waals surface area contributed by atoms with Crippen LogP contribution in [0.5, 0.6) is 17.2 Å². The lowest BCUT2D eigenvalue weighted by Gasteiger charge is -2.14. The van der Waals surface area contributed by atoms with E-state index in [-0.39, 0.29) is 5.78 Å². The van der Waals surface area contributed by atoms with Gasteiger partial charge in [-0.15, -0.1) is 11.3 Å². The molecule has 0 unspecified atom stereocenters. The third kappa shape index (κ3) is 4.13. The Kier molecular flexibility index (Phi) is 6.26. The fourth-order valence-corrected chi connectivity index (χ4v) is 4.01. The summed E-state index contributed by atoms with van der Waals surface area (Å²) in [6.45, 7) is 3.95. The van der Waals surface area contributed by atoms with Gasteiger partial charge in [0.1, 0.15) is 0 Å². The summed E-state index contributed by atoms with van der Waals surface area (Å²) in [7, 11) is 4.59. The number of aryl methyl sites for hydroxylation is 1. The first kappa shape index (κ1) is 20.5. The molecular formula is C24H22O4S. The topological polar surface area (TPSA) is 44.8 Å². The Bertz CT molecular complexity index is 1080. The lowest BCUT2D eigenvalue weighted by molar-refractivity contribution is 0.103. The largest absolute Gasteiger partial charge is 0.493 e. The summed E-state index contributed by atoms with van der Waals surface area (Å²) in [6, 6.07) is 13.1. The molecule has 0 aliphatic heterocycles. The Labute approximate surface area is 175 Å². The highest BCUT2D eigenvalue weighted by Gasteiger charge is 2.23. The predicted molar refractivity (Wildman–Crippen MR) is 116 cm³/mol. The Morgan fingerprint density at radius 2 is 1.52 bits per heavy atom. The van der Waals surface area contributed by atoms with E-state index in [9.17, 15) is 4.79 Å². The van der Waals surface area contributed by atoms with Gasteiger partial charge in [-0.1, -0.05) is 24.1 Å². The highest BCUT2D eigenvalue weighted by atomic mass is 32.1. The second-order valence-electron chi connectivity index (χ2n) is 6.35. The molecule has 0 N–H and O–H groups in total. The maximum atomic E-state index is 13.4. The van der Waals surface area contributed by atoms with Crippen molar-refractivity contribution >= 4 is 17.1 Å². The van der Waals surface area contributed by atoms with Gasteiger partial charge < -0.3 is 14.2 Å². The molecule has 29 heavy (non-hydrogen) atoms. The molecule has 3 aromatic rings. The summed E-state index contributed by atoms with van der Waals surface area (Å²) < 4.78 is 16.1. The molecule has 0 aliphatic carbocycles. The highest BCUT2D eigenvalue weighted by Crippen LogP contribution is 2.39. The molecule has 1 heterocycles. The zero-order valence-corrected chi connectivity index (χ0v) is 17.9. The normalized spacial score (nSPS) is 10.1. The maximum absolute atomic E-state index is 13.4. The van der Waals surface area contributed by atoms with Gasteiger partial charge in [0.2, 0.25) is 5.75 Å². The van der Waals surface area contributed by atoms with Gasteiger partial charge in [-0.25, -0.2) is 0 Å². The number of carbonyl (C=O) groups is 1. The fourth-order valence-electron chi connectivity index (χ4n) is 3.00. The first-order valence-electron chi connectivity index (χ1n) is 9.01. The molecule has 1 aromatic heterocycles. The standard InChI is InChI=1S/C24H22O4S/c1-15-16(2)29-21(12-11-17-9-7-6-8-10-17)22(15)23(25)18-13-19(26-3)24(28-5)20(14-18)27-4/h6-10,13-14H,1-5H3. The van der Waals surface area contributed by atoms with Crippen molar-refractivity contribution in [2.24, 2.45) is 0 Å². The van der Waals surface area contributed by atoms with Crippen LogP contribution >= 0.6 is 11.3 Å². The maximum Gasteiger partial charge on any atom is 0.203 e. The van der Waals surface area contributed by atoms with Crippen molar-refractivity contribution in [3.63, 3.8) is 0 Å². The average Bonchev–Trinajstić information content (AvgIpc) is 3.04. The Morgan fingerprint density at radius 1 is 0.897 bits per heavy atom. The van der Waals surface area contributed by atoms with Crippen molar-refractivity contribution in [2.75, 3.05) is 21.3 Å². The van der Waals surface area contributed by atoms with E-state index >= 15 is 0 Å². The van der Waals surface area contributed by atoms with Gasteiger partial charge in [-0.2, -0.15) is 0 Å². The van der Waals surface area contributed by atoms with Crippen LogP contribution in [0.4, 0.5) is 0 Å². The van der Waals surface area contributed by atoms with Crippen LogP contribution in [0.15, 0.2) is 42.5 Å². The third-order valence-corrected chi connectivity index (χ3v) is 5.76. The van der Waals surface area contributed by atoms with Crippen molar-refractivity contribution < 1.29 is 19.0 Å². The summed E-state index contributed by atoms with van der Waals surface area (Å²) in [5.74, 6) is 7.55. The molecule has 3 rings (SSSR count). The van der Waals surface area contributed by atoms with E-state index < -0.39 is 0 Å². The molecule has 5 heteroatoms. The van der Waals surface area contributed by atoms with E-state index in [2.05, 4.69) is 11.8 Å². The monoisotopic (exact) mass is 406 g/mol. The minimum absolute atomic E-state index is 0.122. The van der Waals surface area contributed by atoms with Crippen molar-refractivity contribution in [2.45, 2.75) is 13.8 Å². The number of benzene rings is 2. The molecule has 148 valence electrons. The zero-order chi connectivity index (χ0) is 21.0. The van der Waals surface area contributed by atoms with Crippen LogP contribution in [0.3, 0.4) is 0 Å². The lowest BCUT2D eigenvalue weighted by Crippen LogP contribution is -2.06. The SMILES string of the molecule is COc1cc(C(=O)c2c(C#Cc3ccccc3)sc(C)c2C)cc(OC)c1OC. The van der Waals surface area contributed by atoms with Crippen molar-refractivity contribution in [1.82, 2.24) is 0 Å². The fraction of sp³-hybridized carbons (Fsp3) is 0.208. The number of carbonyl (C=O) groups excluding carboxylic acids is 1. The van der Waals surface area contributed by atoms with Gasteiger partial charge in [-0.3, -0.25) is 4.79 Å². The summed E-state index contributed by atoms with van der Waals surface area (Å²) in [4.78, 5) is 15.3. The van der Waals surface area contributed by atoms with Crippen LogP contribution in [0, 0.1) is 25.7 Å². The molecule has 0 fully saturated rings. The summed E-state index contributed by atoms with van der Waals surface area (Å²) in [5, 5.41) is 0. The molecule has 0 saturated heterocycles. The van der Waals surface area contributed by atoms with Crippen LogP contribution < -0.4 is 14.2 Å². The van der Waals surface area contributed by atoms with E-state index in [0.717, 1.165) is 20.9 Å². The van der Waals surface area contributed by atoms with Crippen LogP contribution in [-0.2, 0) is 0 Å². The summed E-state index contributed by atoms with van der Waals surface area (Å²) in [6.07, 6.45) is 0. The van der Waals surface area contributed by atoms with Crippen LogP contribution in [-0.4, -0.2) is 27.1 Å². The Hall–Kier alpha value is -3.23. The van der Waals surface area contributed by atoms with E-state index in [0.29, 0.717) is 28.4 Å². The van der Waals surface area contributed by atoms with E-state index in [4.69, 9.17) is 14.2 Å². The van der Waals surface area contributed by atoms with Gasteiger partial charge in [0.25, 0.3) is 0 Å². The molecule has 0 saturated carbocycles. The summed E-state index contributed by atoms with van der Waals surface area (Å²) in [5.41, 5.74) is 2.92. The van der Waals surface area contributed by atoms with E-state index in [1.165, 1.54) is 32.7 Å². The van der Waals surface area contributed by atoms with Crippen molar-refractivity contribution in [1.29, 1.82) is 0 Å². The van der Waals surface area contributed by atoms with Crippen LogP contribution in [0.1, 0.15) is 36.8 Å². The Balaban J connectivity index is 2.10. The minimum Gasteiger partial charge on any atom is -0.493 e. The predicted octanol–water partition coefficient (Wildman–Crippen LogP) is 5.02.